The molecule has 0 fully saturated rings. The molecule has 11 nitrogen and oxygen atoms in total. The second kappa shape index (κ2) is 12.8. The molecule has 4 aromatic rings. The number of esters is 1. The summed E-state index contributed by atoms with van der Waals surface area (Å²) in [5, 5.41) is 6.95. The molecule has 2 aromatic heterocycles. The lowest BCUT2D eigenvalue weighted by Gasteiger charge is -2.26. The van der Waals surface area contributed by atoms with Crippen LogP contribution in [-0.2, 0) is 31.7 Å². The van der Waals surface area contributed by atoms with Gasteiger partial charge in [-0.3, -0.25) is 9.32 Å². The molecule has 3 atom stereocenters. The van der Waals surface area contributed by atoms with Gasteiger partial charge in [0.1, 0.15) is 23.1 Å². The maximum absolute atomic E-state index is 14.1. The lowest BCUT2D eigenvalue weighted by Crippen LogP contribution is -2.37. The number of nitrogens with zero attached hydrogens (tertiary/aromatic N) is 3. The van der Waals surface area contributed by atoms with Crippen LogP contribution in [0, 0.1) is 0 Å². The van der Waals surface area contributed by atoms with Gasteiger partial charge in [0, 0.05) is 5.39 Å². The average Bonchev–Trinajstić information content (AvgIpc) is 3.26. The first-order valence-corrected chi connectivity index (χ1v) is 14.9. The molecule has 0 aliphatic carbocycles. The summed E-state index contributed by atoms with van der Waals surface area (Å²) < 4.78 is 33.3. The van der Waals surface area contributed by atoms with E-state index in [9.17, 15) is 9.36 Å². The normalized spacial score (nSPS) is 14.8. The fourth-order valence-electron chi connectivity index (χ4n) is 4.32. The van der Waals surface area contributed by atoms with Crippen LogP contribution in [0.2, 0.25) is 0 Å². The summed E-state index contributed by atoms with van der Waals surface area (Å²) in [5.41, 5.74) is 8.46. The van der Waals surface area contributed by atoms with Gasteiger partial charge in [0.05, 0.1) is 36.3 Å². The highest BCUT2D eigenvalue weighted by atomic mass is 31.2. The van der Waals surface area contributed by atoms with E-state index in [1.54, 1.807) is 52.0 Å². The Kier molecular flexibility index (Phi) is 9.42. The maximum atomic E-state index is 14.1. The van der Waals surface area contributed by atoms with Crippen molar-refractivity contribution >= 4 is 41.5 Å². The predicted octanol–water partition coefficient (Wildman–Crippen LogP) is 4.80. The molecule has 0 aliphatic heterocycles. The van der Waals surface area contributed by atoms with E-state index >= 15 is 0 Å². The molecule has 12 heteroatoms. The van der Waals surface area contributed by atoms with Crippen LogP contribution >= 0.6 is 7.75 Å². The Morgan fingerprint density at radius 3 is 2.45 bits per heavy atom. The molecule has 0 unspecified atom stereocenters. The predicted molar refractivity (Wildman–Crippen MR) is 156 cm³/mol. The van der Waals surface area contributed by atoms with Gasteiger partial charge in [-0.05, 0) is 52.4 Å². The number of fused-ring (bicyclic) bond motifs is 3. The summed E-state index contributed by atoms with van der Waals surface area (Å²) in [7, 11) is -4.06. The van der Waals surface area contributed by atoms with Crippen molar-refractivity contribution < 1.29 is 23.1 Å². The minimum absolute atomic E-state index is 0.277. The Morgan fingerprint density at radius 1 is 1.05 bits per heavy atom. The third-order valence-corrected chi connectivity index (χ3v) is 7.80. The Hall–Kier alpha value is -3.50. The van der Waals surface area contributed by atoms with Gasteiger partial charge in [-0.1, -0.05) is 43.3 Å². The van der Waals surface area contributed by atoms with E-state index in [2.05, 4.69) is 15.4 Å². The fraction of sp³-hybridized carbons (Fsp3) is 0.393. The number of hydrogen-bond donors (Lipinski definition) is 3. The zero-order chi connectivity index (χ0) is 28.9. The van der Waals surface area contributed by atoms with Crippen molar-refractivity contribution in [2.24, 2.45) is 0 Å². The van der Waals surface area contributed by atoms with E-state index in [4.69, 9.17) is 24.5 Å². The van der Waals surface area contributed by atoms with Gasteiger partial charge in [0.2, 0.25) is 0 Å². The number of hydrogen-bond acceptors (Lipinski definition) is 9. The Balaban J connectivity index is 1.68. The molecule has 0 aliphatic rings. The third kappa shape index (κ3) is 6.98. The summed E-state index contributed by atoms with van der Waals surface area (Å²) in [4.78, 5) is 21.8. The first-order chi connectivity index (χ1) is 19.1. The minimum atomic E-state index is -4.06. The van der Waals surface area contributed by atoms with Crippen LogP contribution in [0.15, 0.2) is 54.6 Å². The largest absolute Gasteiger partial charge is 0.462 e. The number of carbonyl (C=O) groups is 1. The van der Waals surface area contributed by atoms with E-state index in [0.29, 0.717) is 23.6 Å². The molecule has 4 rings (SSSR count). The van der Waals surface area contributed by atoms with Crippen LogP contribution in [0.1, 0.15) is 40.4 Å². The zero-order valence-corrected chi connectivity index (χ0v) is 24.4. The number of anilines is 1. The van der Waals surface area contributed by atoms with E-state index in [1.165, 1.54) is 0 Å². The first kappa shape index (κ1) is 29.5. The number of pyridine rings is 1. The van der Waals surface area contributed by atoms with Crippen LogP contribution in [0.4, 0.5) is 5.82 Å². The number of nitrogens with one attached hydrogen (secondary N) is 2. The highest BCUT2D eigenvalue weighted by molar-refractivity contribution is 7.52. The Labute approximate surface area is 234 Å². The van der Waals surface area contributed by atoms with Crippen LogP contribution in [0.3, 0.4) is 0 Å². The summed E-state index contributed by atoms with van der Waals surface area (Å²) in [6.07, 6.45) is -0.964. The number of benzene rings is 2. The molecular weight excluding hydrogens is 531 g/mol. The molecule has 0 saturated carbocycles. The van der Waals surface area contributed by atoms with Crippen molar-refractivity contribution in [1.29, 1.82) is 0 Å². The van der Waals surface area contributed by atoms with Crippen LogP contribution in [0.5, 0.6) is 5.75 Å². The number of carbonyl (C=O) groups excluding carboxylic acids is 1. The van der Waals surface area contributed by atoms with Crippen molar-refractivity contribution in [3.63, 3.8) is 0 Å². The van der Waals surface area contributed by atoms with E-state index < -0.39 is 25.9 Å². The highest BCUT2D eigenvalue weighted by Gasteiger charge is 2.35. The third-order valence-electron chi connectivity index (χ3n) is 6.01. The number of aromatic nitrogens is 3. The molecule has 0 saturated heterocycles. The SMILES string of the molecule is CCNCc1nc2c(N)nc3ccccc3c2n1C[C@H](C)O[P@](=O)(N[C@@H](C)C(=O)OC(C)C)Oc1ccccc1. The zero-order valence-electron chi connectivity index (χ0n) is 23.5. The average molecular weight is 569 g/mol. The van der Waals surface area contributed by atoms with Gasteiger partial charge < -0.3 is 24.9 Å². The summed E-state index contributed by atoms with van der Waals surface area (Å²) >= 11 is 0. The van der Waals surface area contributed by atoms with Crippen LogP contribution in [-0.4, -0.2) is 45.3 Å². The van der Waals surface area contributed by atoms with Gasteiger partial charge >= 0.3 is 13.7 Å². The van der Waals surface area contributed by atoms with Gasteiger partial charge in [-0.2, -0.15) is 5.09 Å². The number of nitrogens with two attached hydrogens (primary N) is 1. The molecule has 2 aromatic carbocycles. The number of ether oxygens (including phenoxy) is 1. The Morgan fingerprint density at radius 2 is 1.75 bits per heavy atom. The van der Waals surface area contributed by atoms with Crippen molar-refractivity contribution in [3.05, 3.63) is 60.4 Å². The van der Waals surface area contributed by atoms with Gasteiger partial charge in [-0.25, -0.2) is 14.5 Å². The monoisotopic (exact) mass is 568 g/mol. The molecule has 0 radical (unpaired) electrons. The molecular formula is C28H37N6O5P. The lowest BCUT2D eigenvalue weighted by molar-refractivity contribution is -0.149. The summed E-state index contributed by atoms with van der Waals surface area (Å²) in [6, 6.07) is 15.4. The number of rotatable bonds is 13. The van der Waals surface area contributed by atoms with Crippen LogP contribution in [0.25, 0.3) is 21.9 Å². The van der Waals surface area contributed by atoms with Crippen molar-refractivity contribution in [2.45, 2.75) is 66.0 Å². The topological polar surface area (TPSA) is 143 Å². The molecule has 0 bridgehead atoms. The quantitative estimate of drug-likeness (QED) is 0.152. The fourth-order valence-corrected chi connectivity index (χ4v) is 6.00. The van der Waals surface area contributed by atoms with Crippen molar-refractivity contribution in [2.75, 3.05) is 12.3 Å². The van der Waals surface area contributed by atoms with Crippen LogP contribution < -0.4 is 20.7 Å². The van der Waals surface area contributed by atoms with Crippen molar-refractivity contribution in [1.82, 2.24) is 24.9 Å². The molecule has 2 heterocycles. The van der Waals surface area contributed by atoms with Crippen molar-refractivity contribution in [3.8, 4) is 5.75 Å². The smallest absolute Gasteiger partial charge is 0.459 e. The highest BCUT2D eigenvalue weighted by Crippen LogP contribution is 2.46. The number of para-hydroxylation sites is 2. The number of imidazole rings is 1. The second-order valence-electron chi connectivity index (χ2n) is 9.78. The summed E-state index contributed by atoms with van der Waals surface area (Å²) in [6.45, 7) is 10.4. The Bertz CT molecular complexity index is 1510. The molecule has 40 heavy (non-hydrogen) atoms. The van der Waals surface area contributed by atoms with E-state index in [-0.39, 0.29) is 12.6 Å². The second-order valence-corrected chi connectivity index (χ2v) is 11.4. The van der Waals surface area contributed by atoms with Gasteiger partial charge in [0.15, 0.2) is 5.82 Å². The summed E-state index contributed by atoms with van der Waals surface area (Å²) in [5.74, 6) is 0.834. The van der Waals surface area contributed by atoms with Gasteiger partial charge in [-0.15, -0.1) is 0 Å². The minimum Gasteiger partial charge on any atom is -0.462 e. The molecule has 0 amide bonds. The van der Waals surface area contributed by atoms with E-state index in [1.807, 2.05) is 41.8 Å². The molecule has 214 valence electrons. The number of nitrogen functional groups attached to an aromatic ring is 1. The lowest BCUT2D eigenvalue weighted by atomic mass is 10.2. The molecule has 0 spiro atoms. The maximum Gasteiger partial charge on any atom is 0.459 e. The van der Waals surface area contributed by atoms with Gasteiger partial charge in [0.25, 0.3) is 0 Å². The molecule has 4 N–H and O–H groups in total. The first-order valence-electron chi connectivity index (χ1n) is 13.4. The standard InChI is InChI=1S/C28H37N6O5P/c1-6-30-16-24-32-25-26(22-14-10-11-15-23(22)31-27(25)29)34(24)17-19(4)38-40(36,39-21-12-8-7-9-13-21)33-20(5)28(35)37-18(2)3/h7-15,18-20,30H,6,16-17H2,1-5H3,(H2,29,31)(H,33,36)/t19-,20-,40+/m0/s1. The van der Waals surface area contributed by atoms with E-state index in [0.717, 1.165) is 28.8 Å².